The SMILES string of the molecule is CCc1nn(-c2cc(Oc3ccc4c5cc(C(C)CCCC(C)(C)C)ccc5n(-c5cc(C(C)(C)C)ccn5)c4c3)cc(C(C)(C)C)c2)c(CC)c1-c1ccccc1. The van der Waals surface area contributed by atoms with Crippen molar-refractivity contribution in [3.63, 3.8) is 0 Å². The third-order valence-corrected chi connectivity index (χ3v) is 11.8. The number of benzene rings is 4. The van der Waals surface area contributed by atoms with Gasteiger partial charge in [0.05, 0.1) is 28.1 Å². The van der Waals surface area contributed by atoms with Gasteiger partial charge < -0.3 is 4.74 Å². The highest BCUT2D eigenvalue weighted by atomic mass is 16.5. The fourth-order valence-electron chi connectivity index (χ4n) is 8.31. The van der Waals surface area contributed by atoms with Crippen LogP contribution in [0.4, 0.5) is 0 Å². The number of fused-ring (bicyclic) bond motifs is 3. The third kappa shape index (κ3) is 8.51. The average molecular weight is 773 g/mol. The molecule has 0 amide bonds. The number of pyridine rings is 1. The molecule has 0 aliphatic heterocycles. The molecule has 0 N–H and O–H groups in total. The Morgan fingerprint density at radius 3 is 2.09 bits per heavy atom. The van der Waals surface area contributed by atoms with Crippen LogP contribution in [0.5, 0.6) is 11.5 Å². The van der Waals surface area contributed by atoms with Crippen molar-refractivity contribution in [2.24, 2.45) is 5.41 Å². The van der Waals surface area contributed by atoms with E-state index in [1.54, 1.807) is 0 Å². The monoisotopic (exact) mass is 773 g/mol. The molecule has 7 aromatic rings. The quantitative estimate of drug-likeness (QED) is 0.132. The largest absolute Gasteiger partial charge is 0.457 e. The standard InChI is InChI=1S/C53H64N4O/c1-13-45-50(36-20-16-15-17-21-36)46(14-2)57(55-45)40-30-39(53(10,11)12)31-42(33-40)58-41-23-24-43-44-29-37(35(3)19-18-27-51(4,5)6)22-25-47(44)56(48(43)34-41)49-32-38(26-28-54-49)52(7,8)9/h15-17,20-26,28-35H,13-14,18-19,27H2,1-12H3. The van der Waals surface area contributed by atoms with E-state index in [0.717, 1.165) is 52.6 Å². The van der Waals surface area contributed by atoms with Crippen molar-refractivity contribution in [2.75, 3.05) is 0 Å². The Bertz CT molecular complexity index is 2550. The minimum absolute atomic E-state index is 0.0118. The number of hydrogen-bond donors (Lipinski definition) is 0. The Balaban J connectivity index is 1.35. The first-order valence-corrected chi connectivity index (χ1v) is 21.5. The van der Waals surface area contributed by atoms with Crippen LogP contribution in [-0.2, 0) is 23.7 Å². The molecular formula is C53H64N4O. The summed E-state index contributed by atoms with van der Waals surface area (Å²) >= 11 is 0. The van der Waals surface area contributed by atoms with Crippen molar-refractivity contribution >= 4 is 21.8 Å². The Labute approximate surface area is 347 Å². The highest BCUT2D eigenvalue weighted by molar-refractivity contribution is 6.09. The van der Waals surface area contributed by atoms with E-state index < -0.39 is 0 Å². The summed E-state index contributed by atoms with van der Waals surface area (Å²) in [7, 11) is 0. The highest BCUT2D eigenvalue weighted by Gasteiger charge is 2.23. The van der Waals surface area contributed by atoms with E-state index in [2.05, 4.69) is 189 Å². The van der Waals surface area contributed by atoms with E-state index in [9.17, 15) is 0 Å². The van der Waals surface area contributed by atoms with E-state index in [1.807, 2.05) is 6.20 Å². The zero-order chi connectivity index (χ0) is 41.6. The smallest absolute Gasteiger partial charge is 0.137 e. The lowest BCUT2D eigenvalue weighted by Gasteiger charge is -2.22. The second-order valence-corrected chi connectivity index (χ2v) is 19.6. The molecule has 5 nitrogen and oxygen atoms in total. The number of hydrogen-bond acceptors (Lipinski definition) is 3. The van der Waals surface area contributed by atoms with Crippen molar-refractivity contribution in [3.8, 4) is 34.1 Å². The predicted molar refractivity (Wildman–Crippen MR) is 246 cm³/mol. The minimum Gasteiger partial charge on any atom is -0.457 e. The van der Waals surface area contributed by atoms with Gasteiger partial charge in [0.1, 0.15) is 17.3 Å². The van der Waals surface area contributed by atoms with Crippen LogP contribution < -0.4 is 4.74 Å². The zero-order valence-corrected chi connectivity index (χ0v) is 37.1. The lowest BCUT2D eigenvalue weighted by molar-refractivity contribution is 0.354. The fourth-order valence-corrected chi connectivity index (χ4v) is 8.31. The predicted octanol–water partition coefficient (Wildman–Crippen LogP) is 14.9. The first kappa shape index (κ1) is 41.0. The normalized spacial score (nSPS) is 13.1. The number of aryl methyl sites for hydroxylation is 1. The molecule has 4 aromatic carbocycles. The molecule has 0 aliphatic carbocycles. The Hall–Kier alpha value is -5.16. The molecule has 0 saturated heterocycles. The van der Waals surface area contributed by atoms with Crippen LogP contribution in [0.3, 0.4) is 0 Å². The molecule has 0 spiro atoms. The third-order valence-electron chi connectivity index (χ3n) is 11.8. The molecule has 3 aromatic heterocycles. The summed E-state index contributed by atoms with van der Waals surface area (Å²) < 4.78 is 11.4. The first-order chi connectivity index (χ1) is 27.4. The van der Waals surface area contributed by atoms with E-state index in [1.165, 1.54) is 63.5 Å². The summed E-state index contributed by atoms with van der Waals surface area (Å²) in [5.41, 5.74) is 12.1. The van der Waals surface area contributed by atoms with Crippen molar-refractivity contribution in [1.29, 1.82) is 0 Å². The fraction of sp³-hybridized carbons (Fsp3) is 0.396. The van der Waals surface area contributed by atoms with Crippen molar-refractivity contribution in [2.45, 2.75) is 132 Å². The number of aromatic nitrogens is 4. The summed E-state index contributed by atoms with van der Waals surface area (Å²) in [5.74, 6) is 2.96. The van der Waals surface area contributed by atoms with Crippen LogP contribution in [-0.4, -0.2) is 19.3 Å². The van der Waals surface area contributed by atoms with Crippen molar-refractivity contribution in [1.82, 2.24) is 19.3 Å². The van der Waals surface area contributed by atoms with Gasteiger partial charge in [0.25, 0.3) is 0 Å². The van der Waals surface area contributed by atoms with Gasteiger partial charge in [0.2, 0.25) is 0 Å². The molecular weight excluding hydrogens is 709 g/mol. The van der Waals surface area contributed by atoms with E-state index in [4.69, 9.17) is 14.8 Å². The summed E-state index contributed by atoms with van der Waals surface area (Å²) in [6.07, 6.45) is 7.29. The highest BCUT2D eigenvalue weighted by Crippen LogP contribution is 2.40. The van der Waals surface area contributed by atoms with E-state index in [-0.39, 0.29) is 10.8 Å². The number of ether oxygens (including phenoxy) is 1. The maximum Gasteiger partial charge on any atom is 0.137 e. The molecule has 3 heterocycles. The lowest BCUT2D eigenvalue weighted by atomic mass is 9.86. The zero-order valence-electron chi connectivity index (χ0n) is 37.1. The van der Waals surface area contributed by atoms with E-state index in [0.29, 0.717) is 11.3 Å². The van der Waals surface area contributed by atoms with Crippen molar-refractivity contribution < 1.29 is 4.74 Å². The van der Waals surface area contributed by atoms with Crippen LogP contribution >= 0.6 is 0 Å². The molecule has 302 valence electrons. The van der Waals surface area contributed by atoms with Gasteiger partial charge >= 0.3 is 0 Å². The molecule has 7 rings (SSSR count). The van der Waals surface area contributed by atoms with Gasteiger partial charge in [-0.05, 0) is 119 Å². The number of nitrogens with zero attached hydrogens (tertiary/aromatic N) is 4. The summed E-state index contributed by atoms with van der Waals surface area (Å²) in [5, 5.41) is 7.69. The topological polar surface area (TPSA) is 44.9 Å². The summed E-state index contributed by atoms with van der Waals surface area (Å²) in [6.45, 7) is 27.4. The molecule has 0 aliphatic rings. The lowest BCUT2D eigenvalue weighted by Crippen LogP contribution is -2.13. The molecule has 0 saturated carbocycles. The van der Waals surface area contributed by atoms with Gasteiger partial charge in [-0.15, -0.1) is 0 Å². The van der Waals surface area contributed by atoms with Gasteiger partial charge in [-0.25, -0.2) is 9.67 Å². The Kier molecular flexibility index (Phi) is 11.2. The molecule has 0 radical (unpaired) electrons. The van der Waals surface area contributed by atoms with Gasteiger partial charge in [-0.3, -0.25) is 4.57 Å². The second kappa shape index (κ2) is 15.9. The van der Waals surface area contributed by atoms with Gasteiger partial charge in [-0.2, -0.15) is 5.10 Å². The number of rotatable bonds is 11. The maximum absolute atomic E-state index is 6.93. The van der Waals surface area contributed by atoms with Gasteiger partial charge in [0.15, 0.2) is 0 Å². The molecule has 5 heteroatoms. The van der Waals surface area contributed by atoms with Gasteiger partial charge in [-0.1, -0.05) is 126 Å². The van der Waals surface area contributed by atoms with Crippen LogP contribution in [0.1, 0.15) is 136 Å². The first-order valence-electron chi connectivity index (χ1n) is 21.5. The van der Waals surface area contributed by atoms with Gasteiger partial charge in [0, 0.05) is 34.7 Å². The minimum atomic E-state index is -0.106. The van der Waals surface area contributed by atoms with Crippen LogP contribution in [0.15, 0.2) is 103 Å². The van der Waals surface area contributed by atoms with Crippen LogP contribution in [0, 0.1) is 5.41 Å². The molecule has 0 bridgehead atoms. The maximum atomic E-state index is 6.93. The Morgan fingerprint density at radius 2 is 1.41 bits per heavy atom. The average Bonchev–Trinajstić information content (AvgIpc) is 3.72. The summed E-state index contributed by atoms with van der Waals surface area (Å²) in [6, 6.07) is 35.3. The summed E-state index contributed by atoms with van der Waals surface area (Å²) in [4.78, 5) is 4.98. The van der Waals surface area contributed by atoms with E-state index >= 15 is 0 Å². The van der Waals surface area contributed by atoms with Crippen LogP contribution in [0.2, 0.25) is 0 Å². The molecule has 1 atom stereocenters. The van der Waals surface area contributed by atoms with Crippen LogP contribution in [0.25, 0.3) is 44.4 Å². The molecule has 0 fully saturated rings. The second-order valence-electron chi connectivity index (χ2n) is 19.6. The molecule has 58 heavy (non-hydrogen) atoms. The van der Waals surface area contributed by atoms with Crippen molar-refractivity contribution in [3.05, 3.63) is 131 Å². The Morgan fingerprint density at radius 1 is 0.672 bits per heavy atom. The molecule has 1 unspecified atom stereocenters.